The maximum atomic E-state index is 12.8. The fourth-order valence-electron chi connectivity index (χ4n) is 3.20. The lowest BCUT2D eigenvalue weighted by Crippen LogP contribution is -2.36. The van der Waals surface area contributed by atoms with Crippen molar-refractivity contribution in [3.05, 3.63) is 70.6 Å². The minimum absolute atomic E-state index is 0.0184. The minimum Gasteiger partial charge on any atom is -0.504 e. The number of benzene rings is 2. The largest absolute Gasteiger partial charge is 0.504 e. The normalized spacial score (nSPS) is 14.7. The molecule has 166 valence electrons. The van der Waals surface area contributed by atoms with Crippen molar-refractivity contribution >= 4 is 40.6 Å². The molecule has 0 aromatic heterocycles. The van der Waals surface area contributed by atoms with E-state index >= 15 is 0 Å². The molecule has 1 fully saturated rings. The summed E-state index contributed by atoms with van der Waals surface area (Å²) in [5.41, 5.74) is 2.76. The third-order valence-corrected chi connectivity index (χ3v) is 5.52. The van der Waals surface area contributed by atoms with Gasteiger partial charge in [-0.25, -0.2) is 0 Å². The molecule has 0 aliphatic carbocycles. The van der Waals surface area contributed by atoms with E-state index in [0.717, 1.165) is 22.2 Å². The first-order chi connectivity index (χ1) is 15.3. The Hall–Kier alpha value is -3.52. The number of thioether (sulfide) groups is 1. The standard InChI is InChI=1S/C24H24N2O5S/c1-4-7-17-11-16(12-19(22(17)28)31-5-2)13-20-23(29)26(24(30)32-20)14-21(27)25-18-9-6-8-15(3)10-18/h4,6,8-13,28H,1,5,7,14H2,2-3H3,(H,25,27)/b20-13-. The zero-order valence-corrected chi connectivity index (χ0v) is 18.7. The Morgan fingerprint density at radius 1 is 1.28 bits per heavy atom. The summed E-state index contributed by atoms with van der Waals surface area (Å²) in [4.78, 5) is 38.6. The van der Waals surface area contributed by atoms with Gasteiger partial charge >= 0.3 is 0 Å². The van der Waals surface area contributed by atoms with Gasteiger partial charge in [0.1, 0.15) is 6.54 Å². The van der Waals surface area contributed by atoms with Gasteiger partial charge in [0.05, 0.1) is 11.5 Å². The number of hydrogen-bond donors (Lipinski definition) is 2. The van der Waals surface area contributed by atoms with Crippen molar-refractivity contribution in [2.24, 2.45) is 0 Å². The maximum Gasteiger partial charge on any atom is 0.294 e. The number of ether oxygens (including phenoxy) is 1. The average Bonchev–Trinajstić information content (AvgIpc) is 2.99. The molecule has 0 bridgehead atoms. The molecule has 0 atom stereocenters. The number of anilines is 1. The van der Waals surface area contributed by atoms with E-state index in [1.807, 2.05) is 19.1 Å². The second kappa shape index (κ2) is 10.2. The molecule has 1 saturated heterocycles. The fraction of sp³-hybridized carbons (Fsp3) is 0.208. The lowest BCUT2D eigenvalue weighted by atomic mass is 10.1. The van der Waals surface area contributed by atoms with Crippen LogP contribution >= 0.6 is 11.8 Å². The number of nitrogens with one attached hydrogen (secondary N) is 1. The van der Waals surface area contributed by atoms with Crippen LogP contribution in [0, 0.1) is 6.92 Å². The van der Waals surface area contributed by atoms with Gasteiger partial charge in [-0.1, -0.05) is 18.2 Å². The Kier molecular flexibility index (Phi) is 7.37. The summed E-state index contributed by atoms with van der Waals surface area (Å²) in [6.07, 6.45) is 3.61. The molecule has 32 heavy (non-hydrogen) atoms. The van der Waals surface area contributed by atoms with Crippen LogP contribution in [-0.2, 0) is 16.0 Å². The molecule has 0 unspecified atom stereocenters. The van der Waals surface area contributed by atoms with Gasteiger partial charge in [-0.2, -0.15) is 0 Å². The van der Waals surface area contributed by atoms with Crippen molar-refractivity contribution in [2.45, 2.75) is 20.3 Å². The van der Waals surface area contributed by atoms with Crippen LogP contribution in [0.1, 0.15) is 23.6 Å². The summed E-state index contributed by atoms with van der Waals surface area (Å²) < 4.78 is 5.48. The van der Waals surface area contributed by atoms with E-state index in [9.17, 15) is 19.5 Å². The van der Waals surface area contributed by atoms with Crippen LogP contribution in [0.5, 0.6) is 11.5 Å². The Morgan fingerprint density at radius 2 is 2.06 bits per heavy atom. The van der Waals surface area contributed by atoms with Gasteiger partial charge in [-0.05, 0) is 73.5 Å². The van der Waals surface area contributed by atoms with Crippen LogP contribution in [-0.4, -0.2) is 40.2 Å². The van der Waals surface area contributed by atoms with Gasteiger partial charge in [0.25, 0.3) is 11.1 Å². The van der Waals surface area contributed by atoms with Gasteiger partial charge in [0, 0.05) is 11.3 Å². The Labute approximate surface area is 190 Å². The second-order valence-corrected chi connectivity index (χ2v) is 8.13. The molecule has 2 aromatic carbocycles. The molecule has 0 saturated carbocycles. The monoisotopic (exact) mass is 452 g/mol. The number of aryl methyl sites for hydroxylation is 1. The van der Waals surface area contributed by atoms with E-state index in [1.165, 1.54) is 0 Å². The van der Waals surface area contributed by atoms with Crippen LogP contribution in [0.25, 0.3) is 6.08 Å². The number of rotatable bonds is 8. The number of allylic oxidation sites excluding steroid dienone is 1. The minimum atomic E-state index is -0.546. The summed E-state index contributed by atoms with van der Waals surface area (Å²) >= 11 is 0.765. The molecule has 1 aliphatic rings. The molecule has 3 amide bonds. The van der Waals surface area contributed by atoms with Crippen molar-refractivity contribution in [3.63, 3.8) is 0 Å². The van der Waals surface area contributed by atoms with E-state index < -0.39 is 17.1 Å². The molecule has 2 aromatic rings. The highest BCUT2D eigenvalue weighted by Gasteiger charge is 2.36. The summed E-state index contributed by atoms with van der Waals surface area (Å²) in [5.74, 6) is -0.703. The molecule has 1 aliphatic heterocycles. The fourth-order valence-corrected chi connectivity index (χ4v) is 4.04. The van der Waals surface area contributed by atoms with E-state index in [-0.39, 0.29) is 22.9 Å². The Morgan fingerprint density at radius 3 is 2.75 bits per heavy atom. The van der Waals surface area contributed by atoms with E-state index in [0.29, 0.717) is 29.8 Å². The Balaban J connectivity index is 1.79. The molecule has 0 spiro atoms. The number of imide groups is 1. The van der Waals surface area contributed by atoms with E-state index in [2.05, 4.69) is 11.9 Å². The van der Waals surface area contributed by atoms with Crippen LogP contribution < -0.4 is 10.1 Å². The zero-order valence-electron chi connectivity index (χ0n) is 17.9. The highest BCUT2D eigenvalue weighted by atomic mass is 32.2. The van der Waals surface area contributed by atoms with Crippen LogP contribution in [0.15, 0.2) is 54.0 Å². The molecule has 3 rings (SSSR count). The number of aromatic hydroxyl groups is 1. The van der Waals surface area contributed by atoms with Crippen molar-refractivity contribution in [1.82, 2.24) is 4.90 Å². The first kappa shape index (κ1) is 23.1. The second-order valence-electron chi connectivity index (χ2n) is 7.14. The number of phenols is 1. The number of nitrogens with zero attached hydrogens (tertiary/aromatic N) is 1. The highest BCUT2D eigenvalue weighted by molar-refractivity contribution is 8.18. The van der Waals surface area contributed by atoms with E-state index in [1.54, 1.807) is 43.3 Å². The Bertz CT molecular complexity index is 1110. The van der Waals surface area contributed by atoms with Gasteiger partial charge in [-0.15, -0.1) is 6.58 Å². The molecule has 8 heteroatoms. The quantitative estimate of drug-likeness (QED) is 0.452. The average molecular weight is 453 g/mol. The molecular weight excluding hydrogens is 428 g/mol. The topological polar surface area (TPSA) is 95.9 Å². The summed E-state index contributed by atoms with van der Waals surface area (Å²) in [6, 6.07) is 10.6. The maximum absolute atomic E-state index is 12.8. The first-order valence-corrected chi connectivity index (χ1v) is 10.9. The van der Waals surface area contributed by atoms with Gasteiger partial charge in [0.2, 0.25) is 5.91 Å². The van der Waals surface area contributed by atoms with Gasteiger partial charge < -0.3 is 15.2 Å². The zero-order chi connectivity index (χ0) is 23.3. The third kappa shape index (κ3) is 5.39. The lowest BCUT2D eigenvalue weighted by Gasteiger charge is -2.13. The lowest BCUT2D eigenvalue weighted by molar-refractivity contribution is -0.127. The van der Waals surface area contributed by atoms with Crippen molar-refractivity contribution < 1.29 is 24.2 Å². The van der Waals surface area contributed by atoms with Crippen LogP contribution in [0.4, 0.5) is 10.5 Å². The van der Waals surface area contributed by atoms with Gasteiger partial charge in [-0.3, -0.25) is 19.3 Å². The van der Waals surface area contributed by atoms with Crippen molar-refractivity contribution in [3.8, 4) is 11.5 Å². The van der Waals surface area contributed by atoms with Crippen LogP contribution in [0.3, 0.4) is 0 Å². The van der Waals surface area contributed by atoms with Crippen molar-refractivity contribution in [2.75, 3.05) is 18.5 Å². The summed E-state index contributed by atoms with van der Waals surface area (Å²) in [6.45, 7) is 7.36. The van der Waals surface area contributed by atoms with Crippen LogP contribution in [0.2, 0.25) is 0 Å². The number of carbonyl (C=O) groups is 3. The SMILES string of the molecule is C=CCc1cc(/C=C2\SC(=O)N(CC(=O)Nc3cccc(C)c3)C2=O)cc(OCC)c1O. The van der Waals surface area contributed by atoms with Gasteiger partial charge in [0.15, 0.2) is 11.5 Å². The van der Waals surface area contributed by atoms with Crippen molar-refractivity contribution in [1.29, 1.82) is 0 Å². The molecular formula is C24H24N2O5S. The third-order valence-electron chi connectivity index (χ3n) is 4.62. The highest BCUT2D eigenvalue weighted by Crippen LogP contribution is 2.36. The molecule has 7 nitrogen and oxygen atoms in total. The predicted octanol–water partition coefficient (Wildman–Crippen LogP) is 4.50. The molecule has 0 radical (unpaired) electrons. The number of amides is 3. The summed E-state index contributed by atoms with van der Waals surface area (Å²) in [7, 11) is 0. The van der Waals surface area contributed by atoms with E-state index in [4.69, 9.17) is 4.74 Å². The number of hydrogen-bond acceptors (Lipinski definition) is 6. The number of phenolic OH excluding ortho intramolecular Hbond substituents is 1. The summed E-state index contributed by atoms with van der Waals surface area (Å²) in [5, 5.41) is 12.5. The molecule has 1 heterocycles. The smallest absolute Gasteiger partial charge is 0.294 e. The predicted molar refractivity (Wildman–Crippen MR) is 126 cm³/mol. The molecule has 2 N–H and O–H groups in total. The number of carbonyl (C=O) groups excluding carboxylic acids is 3. The first-order valence-electron chi connectivity index (χ1n) is 10.0.